The molecule has 0 spiro atoms. The van der Waals surface area contributed by atoms with E-state index in [1.807, 2.05) is 23.1 Å². The summed E-state index contributed by atoms with van der Waals surface area (Å²) < 4.78 is 0. The Balaban J connectivity index is 1.34. The molecule has 0 saturated carbocycles. The van der Waals surface area contributed by atoms with E-state index in [1.165, 1.54) is 21.6 Å². The molecule has 4 rings (SSSR count). The van der Waals surface area contributed by atoms with Gasteiger partial charge in [0.1, 0.15) is 0 Å². The van der Waals surface area contributed by atoms with Gasteiger partial charge in [-0.2, -0.15) is 0 Å². The Labute approximate surface area is 183 Å². The van der Waals surface area contributed by atoms with Crippen LogP contribution < -0.4 is 5.32 Å². The zero-order valence-corrected chi connectivity index (χ0v) is 18.3. The van der Waals surface area contributed by atoms with Crippen molar-refractivity contribution in [2.45, 2.75) is 19.5 Å². The largest absolute Gasteiger partial charge is 0.339 e. The van der Waals surface area contributed by atoms with Crippen LogP contribution in [0.25, 0.3) is 0 Å². The first-order valence-corrected chi connectivity index (χ1v) is 11.4. The van der Waals surface area contributed by atoms with Crippen molar-refractivity contribution in [1.29, 1.82) is 0 Å². The van der Waals surface area contributed by atoms with Crippen molar-refractivity contribution in [2.24, 2.45) is 0 Å². The Morgan fingerprint density at radius 2 is 1.63 bits per heavy atom. The van der Waals surface area contributed by atoms with Crippen LogP contribution in [0.1, 0.15) is 27.6 Å². The zero-order valence-electron chi connectivity index (χ0n) is 17.5. The number of rotatable bonds is 7. The molecule has 156 valence electrons. The minimum absolute atomic E-state index is 0.0101. The van der Waals surface area contributed by atoms with Crippen molar-refractivity contribution in [1.82, 2.24) is 15.1 Å². The summed E-state index contributed by atoms with van der Waals surface area (Å²) in [5.74, 6) is 0.179. The van der Waals surface area contributed by atoms with E-state index >= 15 is 0 Å². The second kappa shape index (κ2) is 10.0. The first-order valence-electron chi connectivity index (χ1n) is 10.6. The van der Waals surface area contributed by atoms with Gasteiger partial charge < -0.3 is 4.90 Å². The molecule has 1 saturated heterocycles. The molecule has 0 bridgehead atoms. The average molecular weight is 420 g/mol. The number of hydrogen-bond acceptors (Lipinski definition) is 4. The summed E-state index contributed by atoms with van der Waals surface area (Å²) in [5.41, 5.74) is 3.59. The van der Waals surface area contributed by atoms with Crippen molar-refractivity contribution in [2.75, 3.05) is 32.7 Å². The summed E-state index contributed by atoms with van der Waals surface area (Å²) in [6.45, 7) is 6.89. The second-order valence-corrected chi connectivity index (χ2v) is 8.90. The summed E-state index contributed by atoms with van der Waals surface area (Å²) in [6.07, 6.45) is 0. The van der Waals surface area contributed by atoms with Crippen LogP contribution in [0, 0.1) is 6.92 Å². The second-order valence-electron chi connectivity index (χ2n) is 7.87. The standard InChI is InChI=1S/C25H29N3OS/c1-20-9-11-22(12-10-20)25(21-6-3-2-4-7-21)26-18-24(29)28-15-13-27(14-16-28)19-23-8-5-17-30-23/h2-12,17,25-26H,13-16,18-19H2,1H3/t25-/m0/s1. The van der Waals surface area contributed by atoms with Crippen LogP contribution in [0.15, 0.2) is 72.1 Å². The number of thiophene rings is 1. The molecular formula is C25H29N3OS. The number of benzene rings is 2. The van der Waals surface area contributed by atoms with Gasteiger partial charge in [0, 0.05) is 37.6 Å². The SMILES string of the molecule is Cc1ccc([C@@H](NCC(=O)N2CCN(Cc3cccs3)CC2)c2ccccc2)cc1. The lowest BCUT2D eigenvalue weighted by molar-refractivity contribution is -0.132. The van der Waals surface area contributed by atoms with Crippen molar-refractivity contribution >= 4 is 17.2 Å². The van der Waals surface area contributed by atoms with E-state index in [4.69, 9.17) is 0 Å². The summed E-state index contributed by atoms with van der Waals surface area (Å²) in [4.78, 5) is 18.7. The number of piperazine rings is 1. The highest BCUT2D eigenvalue weighted by Gasteiger charge is 2.22. The zero-order chi connectivity index (χ0) is 20.8. The van der Waals surface area contributed by atoms with Gasteiger partial charge >= 0.3 is 0 Å². The number of amides is 1. The quantitative estimate of drug-likeness (QED) is 0.627. The molecule has 30 heavy (non-hydrogen) atoms. The third-order valence-electron chi connectivity index (χ3n) is 5.69. The van der Waals surface area contributed by atoms with Gasteiger partial charge in [0.25, 0.3) is 0 Å². The van der Waals surface area contributed by atoms with E-state index in [1.54, 1.807) is 11.3 Å². The molecular weight excluding hydrogens is 390 g/mol. The fraction of sp³-hybridized carbons (Fsp3) is 0.320. The van der Waals surface area contributed by atoms with Crippen LogP contribution >= 0.6 is 11.3 Å². The summed E-state index contributed by atoms with van der Waals surface area (Å²) in [6, 6.07) is 23.2. The molecule has 0 radical (unpaired) electrons. The van der Waals surface area contributed by atoms with E-state index in [-0.39, 0.29) is 11.9 Å². The van der Waals surface area contributed by atoms with Gasteiger partial charge in [0.05, 0.1) is 12.6 Å². The molecule has 4 nitrogen and oxygen atoms in total. The van der Waals surface area contributed by atoms with Crippen LogP contribution in [-0.4, -0.2) is 48.4 Å². The first kappa shape index (κ1) is 20.8. The van der Waals surface area contributed by atoms with E-state index in [0.717, 1.165) is 32.7 Å². The fourth-order valence-corrected chi connectivity index (χ4v) is 4.66. The molecule has 1 aliphatic heterocycles. The number of nitrogens with one attached hydrogen (secondary N) is 1. The number of nitrogens with zero attached hydrogens (tertiary/aromatic N) is 2. The smallest absolute Gasteiger partial charge is 0.236 e. The number of aryl methyl sites for hydroxylation is 1. The Morgan fingerprint density at radius 3 is 2.30 bits per heavy atom. The van der Waals surface area contributed by atoms with Crippen LogP contribution in [-0.2, 0) is 11.3 Å². The molecule has 1 atom stereocenters. The lowest BCUT2D eigenvalue weighted by Gasteiger charge is -2.35. The maximum Gasteiger partial charge on any atom is 0.236 e. The van der Waals surface area contributed by atoms with E-state index in [9.17, 15) is 4.79 Å². The molecule has 1 aromatic heterocycles. The van der Waals surface area contributed by atoms with Crippen LogP contribution in [0.3, 0.4) is 0 Å². The Bertz CT molecular complexity index is 917. The van der Waals surface area contributed by atoms with Gasteiger partial charge in [-0.3, -0.25) is 15.0 Å². The Morgan fingerprint density at radius 1 is 0.933 bits per heavy atom. The first-order chi connectivity index (χ1) is 14.7. The van der Waals surface area contributed by atoms with Gasteiger partial charge in [0.15, 0.2) is 0 Å². The minimum atomic E-state index is 0.0101. The highest BCUT2D eigenvalue weighted by molar-refractivity contribution is 7.09. The molecule has 0 aliphatic carbocycles. The van der Waals surface area contributed by atoms with Gasteiger partial charge in [-0.05, 0) is 29.5 Å². The molecule has 5 heteroatoms. The highest BCUT2D eigenvalue weighted by Crippen LogP contribution is 2.22. The van der Waals surface area contributed by atoms with E-state index < -0.39 is 0 Å². The van der Waals surface area contributed by atoms with Gasteiger partial charge in [-0.25, -0.2) is 0 Å². The topological polar surface area (TPSA) is 35.6 Å². The minimum Gasteiger partial charge on any atom is -0.339 e. The third-order valence-corrected chi connectivity index (χ3v) is 6.55. The monoisotopic (exact) mass is 419 g/mol. The van der Waals surface area contributed by atoms with Gasteiger partial charge in [-0.15, -0.1) is 11.3 Å². The third kappa shape index (κ3) is 5.36. The maximum absolute atomic E-state index is 12.9. The maximum atomic E-state index is 12.9. The Hall–Kier alpha value is -2.47. The summed E-state index contributed by atoms with van der Waals surface area (Å²) in [5, 5.41) is 5.64. The molecule has 1 fully saturated rings. The molecule has 3 aromatic rings. The van der Waals surface area contributed by atoms with Gasteiger partial charge in [-0.1, -0.05) is 66.2 Å². The molecule has 2 heterocycles. The fourth-order valence-electron chi connectivity index (χ4n) is 3.91. The van der Waals surface area contributed by atoms with Crippen LogP contribution in [0.5, 0.6) is 0 Å². The average Bonchev–Trinajstić information content (AvgIpc) is 3.29. The normalized spacial score (nSPS) is 15.8. The lowest BCUT2D eigenvalue weighted by atomic mass is 9.98. The van der Waals surface area contributed by atoms with Crippen molar-refractivity contribution < 1.29 is 4.79 Å². The molecule has 1 amide bonds. The number of hydrogen-bond donors (Lipinski definition) is 1. The molecule has 1 aliphatic rings. The predicted octanol–water partition coefficient (Wildman–Crippen LogP) is 4.08. The van der Waals surface area contributed by atoms with Crippen molar-refractivity contribution in [3.63, 3.8) is 0 Å². The van der Waals surface area contributed by atoms with Crippen LogP contribution in [0.4, 0.5) is 0 Å². The van der Waals surface area contributed by atoms with Crippen LogP contribution in [0.2, 0.25) is 0 Å². The highest BCUT2D eigenvalue weighted by atomic mass is 32.1. The van der Waals surface area contributed by atoms with Crippen molar-refractivity contribution in [3.8, 4) is 0 Å². The Kier molecular flexibility index (Phi) is 6.95. The molecule has 2 aromatic carbocycles. The van der Waals surface area contributed by atoms with Gasteiger partial charge in [0.2, 0.25) is 5.91 Å². The predicted molar refractivity (Wildman–Crippen MR) is 124 cm³/mol. The summed E-state index contributed by atoms with van der Waals surface area (Å²) >= 11 is 1.80. The van der Waals surface area contributed by atoms with Crippen molar-refractivity contribution in [3.05, 3.63) is 93.7 Å². The lowest BCUT2D eigenvalue weighted by Crippen LogP contribution is -2.50. The summed E-state index contributed by atoms with van der Waals surface area (Å²) in [7, 11) is 0. The molecule has 1 N–H and O–H groups in total. The number of carbonyl (C=O) groups is 1. The molecule has 0 unspecified atom stereocenters. The van der Waals surface area contributed by atoms with E-state index in [2.05, 4.69) is 71.1 Å². The number of carbonyl (C=O) groups excluding carboxylic acids is 1. The van der Waals surface area contributed by atoms with E-state index in [0.29, 0.717) is 6.54 Å².